The van der Waals surface area contributed by atoms with Crippen molar-refractivity contribution in [3.05, 3.63) is 36.5 Å². The molecule has 4 rings (SSSR count). The monoisotopic (exact) mass is 394 g/mol. The zero-order valence-corrected chi connectivity index (χ0v) is 17.0. The fourth-order valence-electron chi connectivity index (χ4n) is 4.49. The van der Waals surface area contributed by atoms with E-state index in [-0.39, 0.29) is 11.8 Å². The lowest BCUT2D eigenvalue weighted by Gasteiger charge is -2.33. The van der Waals surface area contributed by atoms with Gasteiger partial charge >= 0.3 is 0 Å². The smallest absolute Gasteiger partial charge is 0.238 e. The highest BCUT2D eigenvalue weighted by Gasteiger charge is 2.29. The second kappa shape index (κ2) is 9.35. The van der Waals surface area contributed by atoms with Crippen LogP contribution in [0.4, 0.5) is 5.69 Å². The van der Waals surface area contributed by atoms with E-state index in [1.54, 1.807) is 6.20 Å². The third kappa shape index (κ3) is 4.93. The molecule has 2 amide bonds. The lowest BCUT2D eigenvalue weighted by Crippen LogP contribution is -2.44. The highest BCUT2D eigenvalue weighted by molar-refractivity contribution is 6.01. The van der Waals surface area contributed by atoms with Gasteiger partial charge in [-0.2, -0.15) is 0 Å². The quantitative estimate of drug-likeness (QED) is 0.864. The highest BCUT2D eigenvalue weighted by Crippen LogP contribution is 2.23. The number of rotatable bonds is 4. The second-order valence-corrected chi connectivity index (χ2v) is 8.21. The Bertz CT molecular complexity index is 848. The van der Waals surface area contributed by atoms with Gasteiger partial charge in [0.15, 0.2) is 0 Å². The van der Waals surface area contributed by atoms with Crippen LogP contribution in [-0.2, 0) is 9.59 Å². The number of hydrogen-bond donors (Lipinski definition) is 1. The van der Waals surface area contributed by atoms with Gasteiger partial charge in [-0.05, 0) is 63.0 Å². The second-order valence-electron chi connectivity index (χ2n) is 8.21. The zero-order chi connectivity index (χ0) is 20.1. The van der Waals surface area contributed by atoms with Crippen LogP contribution in [-0.4, -0.2) is 59.3 Å². The van der Waals surface area contributed by atoms with Crippen LogP contribution in [0.5, 0.6) is 0 Å². The highest BCUT2D eigenvalue weighted by atomic mass is 16.2. The molecule has 3 heterocycles. The van der Waals surface area contributed by atoms with E-state index in [0.29, 0.717) is 12.5 Å². The number of amides is 2. The van der Waals surface area contributed by atoms with Crippen molar-refractivity contribution >= 4 is 28.4 Å². The number of aromatic nitrogens is 1. The lowest BCUT2D eigenvalue weighted by molar-refractivity contribution is -0.137. The van der Waals surface area contributed by atoms with E-state index in [0.717, 1.165) is 68.5 Å². The molecule has 1 aromatic heterocycles. The molecule has 0 aliphatic carbocycles. The predicted molar refractivity (Wildman–Crippen MR) is 115 cm³/mol. The minimum Gasteiger partial charge on any atom is -0.342 e. The van der Waals surface area contributed by atoms with Crippen LogP contribution in [0.3, 0.4) is 0 Å². The molecule has 0 saturated carbocycles. The van der Waals surface area contributed by atoms with Crippen molar-refractivity contribution in [1.29, 1.82) is 0 Å². The summed E-state index contributed by atoms with van der Waals surface area (Å²) < 4.78 is 0. The first-order chi connectivity index (χ1) is 14.2. The molecule has 2 aliphatic rings. The largest absolute Gasteiger partial charge is 0.342 e. The topological polar surface area (TPSA) is 65.5 Å². The fourth-order valence-corrected chi connectivity index (χ4v) is 4.49. The van der Waals surface area contributed by atoms with Crippen LogP contribution in [0, 0.1) is 5.92 Å². The van der Waals surface area contributed by atoms with Gasteiger partial charge in [0.2, 0.25) is 11.8 Å². The van der Waals surface area contributed by atoms with Crippen molar-refractivity contribution < 1.29 is 9.59 Å². The molecule has 2 aromatic rings. The van der Waals surface area contributed by atoms with Gasteiger partial charge in [-0.15, -0.1) is 0 Å². The van der Waals surface area contributed by atoms with E-state index in [2.05, 4.69) is 20.1 Å². The third-order valence-electron chi connectivity index (χ3n) is 6.14. The Hall–Kier alpha value is -2.47. The van der Waals surface area contributed by atoms with Crippen molar-refractivity contribution in [1.82, 2.24) is 14.8 Å². The number of hydrogen-bond acceptors (Lipinski definition) is 4. The number of nitrogens with zero attached hydrogens (tertiary/aromatic N) is 3. The van der Waals surface area contributed by atoms with E-state index >= 15 is 0 Å². The number of nitrogens with one attached hydrogen (secondary N) is 1. The Morgan fingerprint density at radius 1 is 0.966 bits per heavy atom. The summed E-state index contributed by atoms with van der Waals surface area (Å²) in [6, 6.07) is 9.61. The van der Waals surface area contributed by atoms with Gasteiger partial charge in [-0.3, -0.25) is 19.5 Å². The summed E-state index contributed by atoms with van der Waals surface area (Å²) in [5.74, 6) is 0.439. The summed E-state index contributed by atoms with van der Waals surface area (Å²) in [7, 11) is 0. The summed E-state index contributed by atoms with van der Waals surface area (Å²) in [5.41, 5.74) is 1.67. The summed E-state index contributed by atoms with van der Waals surface area (Å²) in [6.45, 7) is 3.80. The number of fused-ring (bicyclic) bond motifs is 1. The average molecular weight is 395 g/mol. The molecule has 1 N–H and O–H groups in total. The summed E-state index contributed by atoms with van der Waals surface area (Å²) >= 11 is 0. The molecule has 0 atom stereocenters. The Kier molecular flexibility index (Phi) is 6.39. The van der Waals surface area contributed by atoms with Gasteiger partial charge in [-0.1, -0.05) is 18.9 Å². The van der Waals surface area contributed by atoms with Gasteiger partial charge < -0.3 is 10.2 Å². The molecule has 6 nitrogen and oxygen atoms in total. The molecule has 2 saturated heterocycles. The molecule has 0 radical (unpaired) electrons. The van der Waals surface area contributed by atoms with E-state index in [1.807, 2.05) is 30.3 Å². The molecule has 6 heteroatoms. The van der Waals surface area contributed by atoms with Crippen molar-refractivity contribution in [3.8, 4) is 0 Å². The number of piperidine rings is 1. The van der Waals surface area contributed by atoms with Gasteiger partial charge in [0.1, 0.15) is 0 Å². The Morgan fingerprint density at radius 2 is 1.72 bits per heavy atom. The maximum absolute atomic E-state index is 12.8. The van der Waals surface area contributed by atoms with Crippen molar-refractivity contribution in [2.45, 2.75) is 38.5 Å². The van der Waals surface area contributed by atoms with Crippen LogP contribution < -0.4 is 5.32 Å². The standard InChI is InChI=1S/C23H30N4O2/c28-22(25-21-9-5-8-20-19(21)7-6-12-24-20)17-26-15-10-18(11-16-26)23(29)27-13-3-1-2-4-14-27/h5-9,12,18H,1-4,10-11,13-17H2,(H,25,28). The van der Waals surface area contributed by atoms with E-state index in [1.165, 1.54) is 12.8 Å². The molecule has 0 spiro atoms. The summed E-state index contributed by atoms with van der Waals surface area (Å²) in [5, 5.41) is 3.98. The third-order valence-corrected chi connectivity index (χ3v) is 6.14. The maximum atomic E-state index is 12.8. The molecule has 0 bridgehead atoms. The summed E-state index contributed by atoms with van der Waals surface area (Å²) in [4.78, 5) is 34.0. The zero-order valence-electron chi connectivity index (χ0n) is 17.0. The van der Waals surface area contributed by atoms with E-state index < -0.39 is 0 Å². The number of likely N-dealkylation sites (tertiary alicyclic amines) is 2. The van der Waals surface area contributed by atoms with Crippen LogP contribution in [0.25, 0.3) is 10.9 Å². The Balaban J connectivity index is 1.28. The SMILES string of the molecule is O=C(CN1CCC(C(=O)N2CCCCCC2)CC1)Nc1cccc2ncccc12. The molecule has 154 valence electrons. The number of carbonyl (C=O) groups is 2. The number of anilines is 1. The molecule has 2 aliphatic heterocycles. The van der Waals surface area contributed by atoms with Crippen molar-refractivity contribution in [2.24, 2.45) is 5.92 Å². The van der Waals surface area contributed by atoms with Crippen LogP contribution in [0.2, 0.25) is 0 Å². The van der Waals surface area contributed by atoms with Crippen molar-refractivity contribution in [2.75, 3.05) is 38.0 Å². The van der Waals surface area contributed by atoms with Gasteiger partial charge in [0, 0.05) is 30.6 Å². The molecular weight excluding hydrogens is 364 g/mol. The number of carbonyl (C=O) groups excluding carboxylic acids is 2. The van der Waals surface area contributed by atoms with Crippen LogP contribution >= 0.6 is 0 Å². The summed E-state index contributed by atoms with van der Waals surface area (Å²) in [6.07, 6.45) is 8.20. The maximum Gasteiger partial charge on any atom is 0.238 e. The molecular formula is C23H30N4O2. The van der Waals surface area contributed by atoms with Gasteiger partial charge in [-0.25, -0.2) is 0 Å². The first-order valence-electron chi connectivity index (χ1n) is 10.9. The molecule has 2 fully saturated rings. The predicted octanol–water partition coefficient (Wildman–Crippen LogP) is 3.29. The van der Waals surface area contributed by atoms with E-state index in [4.69, 9.17) is 0 Å². The van der Waals surface area contributed by atoms with Gasteiger partial charge in [0.05, 0.1) is 17.7 Å². The molecule has 1 aromatic carbocycles. The minimum atomic E-state index is -0.0151. The van der Waals surface area contributed by atoms with Crippen LogP contribution in [0.15, 0.2) is 36.5 Å². The minimum absolute atomic E-state index is 0.0151. The Morgan fingerprint density at radius 3 is 2.48 bits per heavy atom. The first-order valence-corrected chi connectivity index (χ1v) is 10.9. The molecule has 0 unspecified atom stereocenters. The normalized spacial score (nSPS) is 19.1. The lowest BCUT2D eigenvalue weighted by atomic mass is 9.95. The fraction of sp³-hybridized carbons (Fsp3) is 0.522. The van der Waals surface area contributed by atoms with Crippen LogP contribution in [0.1, 0.15) is 38.5 Å². The molecule has 29 heavy (non-hydrogen) atoms. The van der Waals surface area contributed by atoms with E-state index in [9.17, 15) is 9.59 Å². The van der Waals surface area contributed by atoms with Gasteiger partial charge in [0.25, 0.3) is 0 Å². The average Bonchev–Trinajstić information content (AvgIpc) is 3.04. The first kappa shape index (κ1) is 19.8. The number of pyridine rings is 1. The number of benzene rings is 1. The Labute approximate surface area is 172 Å². The van der Waals surface area contributed by atoms with Crippen molar-refractivity contribution in [3.63, 3.8) is 0 Å².